The zero-order chi connectivity index (χ0) is 19.3. The van der Waals surface area contributed by atoms with Gasteiger partial charge in [0, 0.05) is 31.5 Å². The fraction of sp³-hybridized carbons (Fsp3) is 0.389. The van der Waals surface area contributed by atoms with Gasteiger partial charge in [-0.15, -0.1) is 0 Å². The summed E-state index contributed by atoms with van der Waals surface area (Å²) in [5.41, 5.74) is -0.245. The molecule has 0 saturated carbocycles. The average Bonchev–Trinajstić information content (AvgIpc) is 2.77. The summed E-state index contributed by atoms with van der Waals surface area (Å²) in [4.78, 5) is 20.7. The van der Waals surface area contributed by atoms with Crippen LogP contribution in [0.2, 0.25) is 0 Å². The van der Waals surface area contributed by atoms with E-state index in [4.69, 9.17) is 0 Å². The number of hydrogen-bond donors (Lipinski definition) is 0. The van der Waals surface area contributed by atoms with Gasteiger partial charge in [-0.3, -0.25) is 14.1 Å². The number of aromatic nitrogens is 4. The number of rotatable bonds is 2. The Balaban J connectivity index is 2.22. The van der Waals surface area contributed by atoms with Crippen LogP contribution in [0, 0.1) is 5.41 Å². The molecule has 0 fully saturated rings. The summed E-state index contributed by atoms with van der Waals surface area (Å²) in [6.07, 6.45) is -2.28. The van der Waals surface area contributed by atoms with E-state index in [0.29, 0.717) is 17.7 Å². The second-order valence-corrected chi connectivity index (χ2v) is 7.45. The monoisotopic (exact) mass is 364 g/mol. The molecule has 0 saturated heterocycles. The van der Waals surface area contributed by atoms with E-state index in [-0.39, 0.29) is 22.4 Å². The third-order valence-corrected chi connectivity index (χ3v) is 4.02. The fourth-order valence-electron chi connectivity index (χ4n) is 2.90. The number of hydrogen-bond acceptors (Lipinski definition) is 3. The van der Waals surface area contributed by atoms with Crippen LogP contribution in [-0.4, -0.2) is 19.1 Å². The van der Waals surface area contributed by atoms with Gasteiger partial charge >= 0.3 is 11.9 Å². The van der Waals surface area contributed by atoms with Crippen molar-refractivity contribution in [1.29, 1.82) is 0 Å². The van der Waals surface area contributed by atoms with E-state index >= 15 is 0 Å². The standard InChI is InChI=1S/C18H19F3N4O/c1-17(2,3)10-25-14-6-5-13(23-15(14)24(4)16(25)26)11-9-22-8-7-12(11)18(19,20)21/h5-9H,10H2,1-4H3. The van der Waals surface area contributed by atoms with E-state index in [1.807, 2.05) is 20.8 Å². The van der Waals surface area contributed by atoms with Crippen LogP contribution in [0.15, 0.2) is 35.4 Å². The van der Waals surface area contributed by atoms with E-state index in [0.717, 1.165) is 18.5 Å². The summed E-state index contributed by atoms with van der Waals surface area (Å²) in [5, 5.41) is 0. The van der Waals surface area contributed by atoms with Crippen LogP contribution < -0.4 is 5.69 Å². The first kappa shape index (κ1) is 18.2. The minimum absolute atomic E-state index is 0.113. The first-order valence-corrected chi connectivity index (χ1v) is 8.07. The van der Waals surface area contributed by atoms with Crippen LogP contribution in [0.25, 0.3) is 22.4 Å². The third kappa shape index (κ3) is 3.23. The Kier molecular flexibility index (Phi) is 4.17. The predicted molar refractivity (Wildman–Crippen MR) is 92.7 cm³/mol. The van der Waals surface area contributed by atoms with Gasteiger partial charge in [0.05, 0.1) is 16.8 Å². The van der Waals surface area contributed by atoms with Crippen molar-refractivity contribution in [2.24, 2.45) is 12.5 Å². The summed E-state index contributed by atoms with van der Waals surface area (Å²) in [6, 6.07) is 4.05. The molecular weight excluding hydrogens is 345 g/mol. The second kappa shape index (κ2) is 5.96. The van der Waals surface area contributed by atoms with Crippen LogP contribution in [-0.2, 0) is 19.8 Å². The Morgan fingerprint density at radius 2 is 1.81 bits per heavy atom. The number of pyridine rings is 2. The number of aryl methyl sites for hydroxylation is 1. The molecule has 5 nitrogen and oxygen atoms in total. The maximum Gasteiger partial charge on any atom is 0.417 e. The molecule has 0 aromatic carbocycles. The molecule has 3 heterocycles. The third-order valence-electron chi connectivity index (χ3n) is 4.02. The second-order valence-electron chi connectivity index (χ2n) is 7.45. The van der Waals surface area contributed by atoms with Crippen molar-refractivity contribution < 1.29 is 13.2 Å². The van der Waals surface area contributed by atoms with Crippen molar-refractivity contribution in [1.82, 2.24) is 19.1 Å². The summed E-state index contributed by atoms with van der Waals surface area (Å²) < 4.78 is 42.8. The molecule has 3 rings (SSSR count). The van der Waals surface area contributed by atoms with Crippen molar-refractivity contribution in [3.05, 3.63) is 46.6 Å². The average molecular weight is 364 g/mol. The van der Waals surface area contributed by atoms with Crippen molar-refractivity contribution in [3.63, 3.8) is 0 Å². The number of halogens is 3. The van der Waals surface area contributed by atoms with Crippen LogP contribution in [0.5, 0.6) is 0 Å². The summed E-state index contributed by atoms with van der Waals surface area (Å²) in [5.74, 6) is 0. The van der Waals surface area contributed by atoms with Gasteiger partial charge in [-0.05, 0) is 23.6 Å². The molecule has 0 atom stereocenters. The molecule has 0 aliphatic carbocycles. The Morgan fingerprint density at radius 1 is 1.12 bits per heavy atom. The molecule has 0 radical (unpaired) electrons. The highest BCUT2D eigenvalue weighted by atomic mass is 19.4. The maximum absolute atomic E-state index is 13.3. The first-order chi connectivity index (χ1) is 12.0. The zero-order valence-corrected chi connectivity index (χ0v) is 14.9. The Morgan fingerprint density at radius 3 is 2.42 bits per heavy atom. The van der Waals surface area contributed by atoms with E-state index in [9.17, 15) is 18.0 Å². The van der Waals surface area contributed by atoms with E-state index in [1.165, 1.54) is 10.6 Å². The van der Waals surface area contributed by atoms with Gasteiger partial charge in [-0.1, -0.05) is 20.8 Å². The quantitative estimate of drug-likeness (QED) is 0.694. The van der Waals surface area contributed by atoms with Gasteiger partial charge in [0.25, 0.3) is 0 Å². The highest BCUT2D eigenvalue weighted by Gasteiger charge is 2.34. The smallest absolute Gasteiger partial charge is 0.290 e. The van der Waals surface area contributed by atoms with Crippen molar-refractivity contribution in [2.45, 2.75) is 33.5 Å². The predicted octanol–water partition coefficient (Wildman–Crippen LogP) is 3.86. The van der Waals surface area contributed by atoms with Crippen LogP contribution in [0.4, 0.5) is 13.2 Å². The number of alkyl halides is 3. The van der Waals surface area contributed by atoms with Gasteiger partial charge in [-0.25, -0.2) is 9.78 Å². The normalized spacial score (nSPS) is 12.7. The Hall–Kier alpha value is -2.64. The van der Waals surface area contributed by atoms with Crippen molar-refractivity contribution in [3.8, 4) is 11.3 Å². The minimum Gasteiger partial charge on any atom is -0.290 e. The maximum atomic E-state index is 13.3. The molecule has 138 valence electrons. The Bertz CT molecular complexity index is 1030. The highest BCUT2D eigenvalue weighted by Crippen LogP contribution is 2.36. The molecule has 3 aromatic rings. The largest absolute Gasteiger partial charge is 0.417 e. The zero-order valence-electron chi connectivity index (χ0n) is 14.9. The van der Waals surface area contributed by atoms with E-state index in [2.05, 4.69) is 9.97 Å². The fourth-order valence-corrected chi connectivity index (χ4v) is 2.90. The number of imidazole rings is 1. The van der Waals surface area contributed by atoms with Crippen LogP contribution >= 0.6 is 0 Å². The van der Waals surface area contributed by atoms with Gasteiger partial charge in [-0.2, -0.15) is 13.2 Å². The van der Waals surface area contributed by atoms with Gasteiger partial charge in [0.1, 0.15) is 0 Å². The van der Waals surface area contributed by atoms with E-state index in [1.54, 1.807) is 17.7 Å². The van der Waals surface area contributed by atoms with Gasteiger partial charge in [0.15, 0.2) is 5.65 Å². The van der Waals surface area contributed by atoms with Crippen LogP contribution in [0.1, 0.15) is 26.3 Å². The van der Waals surface area contributed by atoms with Crippen molar-refractivity contribution in [2.75, 3.05) is 0 Å². The molecule has 0 unspecified atom stereocenters. The molecule has 26 heavy (non-hydrogen) atoms. The molecular formula is C18H19F3N4O. The highest BCUT2D eigenvalue weighted by molar-refractivity contribution is 5.77. The topological polar surface area (TPSA) is 52.7 Å². The Labute approximate surface area is 148 Å². The molecule has 0 spiro atoms. The van der Waals surface area contributed by atoms with Crippen molar-refractivity contribution >= 4 is 11.2 Å². The molecule has 0 aliphatic rings. The molecule has 0 N–H and O–H groups in total. The summed E-state index contributed by atoms with van der Waals surface area (Å²) in [6.45, 7) is 6.49. The summed E-state index contributed by atoms with van der Waals surface area (Å²) >= 11 is 0. The SMILES string of the molecule is Cn1c(=O)n(CC(C)(C)C)c2ccc(-c3cnccc3C(F)(F)F)nc21. The van der Waals surface area contributed by atoms with E-state index < -0.39 is 11.7 Å². The lowest BCUT2D eigenvalue weighted by molar-refractivity contribution is -0.137. The first-order valence-electron chi connectivity index (χ1n) is 8.07. The number of nitrogens with zero attached hydrogens (tertiary/aromatic N) is 4. The molecule has 0 amide bonds. The minimum atomic E-state index is -4.51. The summed E-state index contributed by atoms with van der Waals surface area (Å²) in [7, 11) is 1.56. The molecule has 0 aliphatic heterocycles. The molecule has 0 bridgehead atoms. The van der Waals surface area contributed by atoms with Gasteiger partial charge in [0.2, 0.25) is 0 Å². The van der Waals surface area contributed by atoms with Crippen LogP contribution in [0.3, 0.4) is 0 Å². The lowest BCUT2D eigenvalue weighted by Crippen LogP contribution is -2.27. The molecule has 3 aromatic heterocycles. The molecule has 8 heteroatoms. The van der Waals surface area contributed by atoms with Gasteiger partial charge < -0.3 is 0 Å². The lowest BCUT2D eigenvalue weighted by atomic mass is 9.97. The lowest BCUT2D eigenvalue weighted by Gasteiger charge is -2.18. The number of fused-ring (bicyclic) bond motifs is 1.